The second-order valence-corrected chi connectivity index (χ2v) is 8.83. The smallest absolute Gasteiger partial charge is 0.231 e. The van der Waals surface area contributed by atoms with Gasteiger partial charge in [0.15, 0.2) is 11.5 Å². The molecule has 3 aliphatic heterocycles. The van der Waals surface area contributed by atoms with E-state index in [4.69, 9.17) is 14.2 Å². The maximum Gasteiger partial charge on any atom is 0.231 e. The van der Waals surface area contributed by atoms with Gasteiger partial charge in [-0.1, -0.05) is 6.07 Å². The van der Waals surface area contributed by atoms with Crippen LogP contribution in [0.3, 0.4) is 0 Å². The van der Waals surface area contributed by atoms with Gasteiger partial charge in [-0.25, -0.2) is 0 Å². The normalized spacial score (nSPS) is 17.3. The van der Waals surface area contributed by atoms with Crippen molar-refractivity contribution in [2.24, 2.45) is 0 Å². The van der Waals surface area contributed by atoms with Gasteiger partial charge in [0.1, 0.15) is 5.75 Å². The molecule has 33 heavy (non-hydrogen) atoms. The summed E-state index contributed by atoms with van der Waals surface area (Å²) < 4.78 is 18.8. The maximum absolute atomic E-state index is 13.1. The lowest BCUT2D eigenvalue weighted by Gasteiger charge is -2.46. The van der Waals surface area contributed by atoms with E-state index >= 15 is 0 Å². The van der Waals surface area contributed by atoms with Crippen molar-refractivity contribution >= 4 is 11.6 Å². The Labute approximate surface area is 192 Å². The van der Waals surface area contributed by atoms with E-state index in [1.807, 2.05) is 36.1 Å². The minimum atomic E-state index is -0.198. The van der Waals surface area contributed by atoms with Gasteiger partial charge in [0, 0.05) is 31.0 Å². The van der Waals surface area contributed by atoms with Gasteiger partial charge in [-0.05, 0) is 61.7 Å². The van der Waals surface area contributed by atoms with Crippen LogP contribution in [0.2, 0.25) is 0 Å². The van der Waals surface area contributed by atoms with Crippen LogP contribution in [0, 0.1) is 0 Å². The van der Waals surface area contributed by atoms with Crippen LogP contribution in [0.15, 0.2) is 54.7 Å². The van der Waals surface area contributed by atoms with Crippen molar-refractivity contribution in [1.29, 1.82) is 0 Å². The van der Waals surface area contributed by atoms with Gasteiger partial charge >= 0.3 is 0 Å². The topological polar surface area (TPSA) is 65.0 Å². The molecule has 0 atom stereocenters. The van der Waals surface area contributed by atoms with Crippen LogP contribution in [0.1, 0.15) is 31.0 Å². The molecule has 6 rings (SSSR count). The van der Waals surface area contributed by atoms with E-state index in [9.17, 15) is 4.79 Å². The number of anilines is 1. The number of hydrogen-bond acceptors (Lipinski definition) is 5. The van der Waals surface area contributed by atoms with Crippen molar-refractivity contribution in [2.75, 3.05) is 31.8 Å². The molecule has 1 N–H and O–H groups in total. The monoisotopic (exact) mass is 445 g/mol. The molecule has 3 aromatic rings. The van der Waals surface area contributed by atoms with E-state index in [1.165, 1.54) is 5.69 Å². The fourth-order valence-electron chi connectivity index (χ4n) is 5.24. The summed E-state index contributed by atoms with van der Waals surface area (Å²) in [6.07, 6.45) is 4.19. The number of piperidine rings is 1. The first-order chi connectivity index (χ1) is 16.1. The summed E-state index contributed by atoms with van der Waals surface area (Å²) in [4.78, 5) is 15.0. The summed E-state index contributed by atoms with van der Waals surface area (Å²) in [7, 11) is 0. The molecule has 0 aliphatic carbocycles. The number of ether oxygens (including phenoxy) is 3. The summed E-state index contributed by atoms with van der Waals surface area (Å²) in [5.74, 6) is 2.47. The third-order valence-corrected chi connectivity index (χ3v) is 6.91. The number of nitrogens with one attached hydrogen (secondary N) is 1. The standard InChI is InChI=1S/C26H27N3O4/c1-2-31-19-6-7-21-20(16-19)27-26(24-4-3-11-29(21)24)9-12-28(13-10-26)25(30)15-18-5-8-22-23(14-18)33-17-32-22/h3-8,11,14,16,27H,2,9-10,12-13,15,17H2,1H3. The Kier molecular flexibility index (Phi) is 4.71. The Morgan fingerprint density at radius 1 is 1.09 bits per heavy atom. The second kappa shape index (κ2) is 7.76. The number of nitrogens with zero attached hydrogens (tertiary/aromatic N) is 2. The largest absolute Gasteiger partial charge is 0.494 e. The molecular formula is C26H27N3O4. The Balaban J connectivity index is 1.19. The Hall–Kier alpha value is -3.61. The summed E-state index contributed by atoms with van der Waals surface area (Å²) in [6.45, 7) is 4.29. The van der Waals surface area contributed by atoms with Gasteiger partial charge in [0.05, 0.1) is 29.9 Å². The van der Waals surface area contributed by atoms with Crippen LogP contribution in [0.25, 0.3) is 5.69 Å². The number of carbonyl (C=O) groups excluding carboxylic acids is 1. The molecule has 7 heteroatoms. The maximum atomic E-state index is 13.1. The SMILES string of the molecule is CCOc1ccc2c(c1)NC1(CCN(C(=O)Cc3ccc4c(c3)OCO4)CC1)c1cccn1-2. The van der Waals surface area contributed by atoms with E-state index in [-0.39, 0.29) is 18.2 Å². The highest BCUT2D eigenvalue weighted by Crippen LogP contribution is 2.44. The Morgan fingerprint density at radius 2 is 1.94 bits per heavy atom. The highest BCUT2D eigenvalue weighted by molar-refractivity contribution is 5.79. The number of hydrogen-bond donors (Lipinski definition) is 1. The van der Waals surface area contributed by atoms with Crippen LogP contribution in [0.4, 0.5) is 5.69 Å². The number of amides is 1. The van der Waals surface area contributed by atoms with Crippen molar-refractivity contribution in [3.8, 4) is 22.9 Å². The molecule has 1 amide bonds. The number of carbonyl (C=O) groups is 1. The highest BCUT2D eigenvalue weighted by atomic mass is 16.7. The average Bonchev–Trinajstić information content (AvgIpc) is 3.50. The van der Waals surface area contributed by atoms with Crippen LogP contribution in [-0.2, 0) is 16.8 Å². The Morgan fingerprint density at radius 3 is 2.79 bits per heavy atom. The van der Waals surface area contributed by atoms with Crippen molar-refractivity contribution < 1.29 is 19.0 Å². The van der Waals surface area contributed by atoms with E-state index in [0.29, 0.717) is 26.1 Å². The number of likely N-dealkylation sites (tertiary alicyclic amines) is 1. The summed E-state index contributed by atoms with van der Waals surface area (Å²) in [5, 5.41) is 3.82. The zero-order chi connectivity index (χ0) is 22.4. The van der Waals surface area contributed by atoms with Gasteiger partial charge in [-0.3, -0.25) is 4.79 Å². The van der Waals surface area contributed by atoms with E-state index in [0.717, 1.165) is 47.0 Å². The molecule has 1 fully saturated rings. The number of rotatable bonds is 4. The molecule has 2 aromatic carbocycles. The molecule has 0 saturated carbocycles. The quantitative estimate of drug-likeness (QED) is 0.655. The lowest BCUT2D eigenvalue weighted by molar-refractivity contribution is -0.132. The highest BCUT2D eigenvalue weighted by Gasteiger charge is 2.42. The molecule has 0 bridgehead atoms. The number of benzene rings is 2. The summed E-state index contributed by atoms with van der Waals surface area (Å²) in [5.41, 5.74) is 4.21. The third kappa shape index (κ3) is 3.39. The first-order valence-corrected chi connectivity index (χ1v) is 11.5. The van der Waals surface area contributed by atoms with Gasteiger partial charge in [-0.2, -0.15) is 0 Å². The number of aromatic nitrogens is 1. The minimum absolute atomic E-state index is 0.147. The predicted octanol–water partition coefficient (Wildman–Crippen LogP) is 4.09. The van der Waals surface area contributed by atoms with Gasteiger partial charge in [0.25, 0.3) is 0 Å². The van der Waals surface area contributed by atoms with Gasteiger partial charge < -0.3 is 29.0 Å². The van der Waals surface area contributed by atoms with E-state index in [1.54, 1.807) is 0 Å². The molecule has 0 radical (unpaired) electrons. The van der Waals surface area contributed by atoms with Crippen LogP contribution < -0.4 is 19.5 Å². The van der Waals surface area contributed by atoms with Crippen molar-refractivity contribution in [2.45, 2.75) is 31.7 Å². The second-order valence-electron chi connectivity index (χ2n) is 8.83. The van der Waals surface area contributed by atoms with Crippen molar-refractivity contribution in [3.63, 3.8) is 0 Å². The third-order valence-electron chi connectivity index (χ3n) is 6.91. The number of fused-ring (bicyclic) bond motifs is 5. The summed E-state index contributed by atoms with van der Waals surface area (Å²) >= 11 is 0. The van der Waals surface area contributed by atoms with Crippen LogP contribution in [-0.4, -0.2) is 41.9 Å². The zero-order valence-electron chi connectivity index (χ0n) is 18.7. The molecule has 0 unspecified atom stereocenters. The predicted molar refractivity (Wildman–Crippen MR) is 124 cm³/mol. The molecular weight excluding hydrogens is 418 g/mol. The van der Waals surface area contributed by atoms with Gasteiger partial charge in [-0.15, -0.1) is 0 Å². The first kappa shape index (κ1) is 20.0. The van der Waals surface area contributed by atoms with Crippen molar-refractivity contribution in [3.05, 3.63) is 66.0 Å². The zero-order valence-corrected chi connectivity index (χ0v) is 18.7. The Bertz CT molecular complexity index is 1210. The van der Waals surface area contributed by atoms with Gasteiger partial charge in [0.2, 0.25) is 12.7 Å². The van der Waals surface area contributed by atoms with E-state index in [2.05, 4.69) is 40.3 Å². The first-order valence-electron chi connectivity index (χ1n) is 11.5. The minimum Gasteiger partial charge on any atom is -0.494 e. The average molecular weight is 446 g/mol. The van der Waals surface area contributed by atoms with Crippen LogP contribution in [0.5, 0.6) is 17.2 Å². The fraction of sp³-hybridized carbons (Fsp3) is 0.346. The molecule has 3 aliphatic rings. The fourth-order valence-corrected chi connectivity index (χ4v) is 5.24. The molecule has 1 spiro atoms. The molecule has 1 saturated heterocycles. The molecule has 170 valence electrons. The van der Waals surface area contributed by atoms with E-state index < -0.39 is 0 Å². The molecule has 1 aromatic heterocycles. The molecule has 4 heterocycles. The molecule has 7 nitrogen and oxygen atoms in total. The lowest BCUT2D eigenvalue weighted by atomic mass is 9.82. The van der Waals surface area contributed by atoms with Crippen LogP contribution >= 0.6 is 0 Å². The summed E-state index contributed by atoms with van der Waals surface area (Å²) in [6, 6.07) is 16.2. The lowest BCUT2D eigenvalue weighted by Crippen LogP contribution is -2.51. The van der Waals surface area contributed by atoms with Crippen molar-refractivity contribution in [1.82, 2.24) is 9.47 Å².